The average Bonchev–Trinajstić information content (AvgIpc) is 2.64. The summed E-state index contributed by atoms with van der Waals surface area (Å²) in [6, 6.07) is -0.571. The largest absolute Gasteiger partial charge is 0.368 e. The molecule has 0 spiro atoms. The standard InChI is InChI=1S/C22H43N3O2/c1-2-3-4-5-6-7-8-9-10-11-12-13-14-15-16-17-21(26)25-20(18-19-23)22(24)27/h9-10,20H,2-8,11-19,23H2,1H3,(H2,24,27)(H,25,26)/p+1/b10-9-/t20-/m0/s1. The van der Waals surface area contributed by atoms with Crippen molar-refractivity contribution in [2.75, 3.05) is 6.54 Å². The zero-order valence-corrected chi connectivity index (χ0v) is 17.6. The number of carbonyl (C=O) groups excluding carboxylic acids is 2. The lowest BCUT2D eigenvalue weighted by atomic mass is 10.1. The lowest BCUT2D eigenvalue weighted by molar-refractivity contribution is -0.368. The minimum Gasteiger partial charge on any atom is -0.368 e. The van der Waals surface area contributed by atoms with Crippen LogP contribution in [-0.4, -0.2) is 24.4 Å². The molecular weight excluding hydrogens is 338 g/mol. The van der Waals surface area contributed by atoms with Gasteiger partial charge in [-0.25, -0.2) is 0 Å². The maximum absolute atomic E-state index is 11.8. The maximum Gasteiger partial charge on any atom is 0.240 e. The number of quaternary nitrogens is 1. The third-order valence-electron chi connectivity index (χ3n) is 4.84. The van der Waals surface area contributed by atoms with Gasteiger partial charge in [0, 0.05) is 12.8 Å². The van der Waals surface area contributed by atoms with Gasteiger partial charge < -0.3 is 16.8 Å². The van der Waals surface area contributed by atoms with Gasteiger partial charge in [0.2, 0.25) is 11.8 Å². The average molecular weight is 383 g/mol. The van der Waals surface area contributed by atoms with Crippen LogP contribution in [0.15, 0.2) is 12.2 Å². The number of hydrogen-bond acceptors (Lipinski definition) is 2. The highest BCUT2D eigenvalue weighted by Gasteiger charge is 2.17. The van der Waals surface area contributed by atoms with E-state index in [2.05, 4.69) is 30.1 Å². The number of hydrogen-bond donors (Lipinski definition) is 3. The van der Waals surface area contributed by atoms with Crippen LogP contribution in [-0.2, 0) is 9.59 Å². The number of allylic oxidation sites excluding steroid dienone is 2. The monoisotopic (exact) mass is 382 g/mol. The molecule has 0 heterocycles. The minimum atomic E-state index is -0.571. The van der Waals surface area contributed by atoms with Crippen molar-refractivity contribution in [3.63, 3.8) is 0 Å². The van der Waals surface area contributed by atoms with E-state index in [0.29, 0.717) is 19.4 Å². The van der Waals surface area contributed by atoms with Gasteiger partial charge >= 0.3 is 0 Å². The molecule has 5 heteroatoms. The minimum absolute atomic E-state index is 0.0788. The summed E-state index contributed by atoms with van der Waals surface area (Å²) in [4.78, 5) is 23.0. The first-order valence-electron chi connectivity index (χ1n) is 11.1. The summed E-state index contributed by atoms with van der Waals surface area (Å²) in [5.41, 5.74) is 8.97. The number of amides is 2. The van der Waals surface area contributed by atoms with E-state index < -0.39 is 11.9 Å². The molecule has 0 aromatic heterocycles. The van der Waals surface area contributed by atoms with Gasteiger partial charge in [-0.1, -0.05) is 70.4 Å². The Balaban J connectivity index is 3.42. The van der Waals surface area contributed by atoms with E-state index in [1.807, 2.05) is 0 Å². The zero-order chi connectivity index (χ0) is 20.2. The van der Waals surface area contributed by atoms with Crippen LogP contribution in [0.1, 0.15) is 103 Å². The molecule has 0 bridgehead atoms. The van der Waals surface area contributed by atoms with E-state index in [1.165, 1.54) is 64.2 Å². The normalized spacial score (nSPS) is 12.4. The van der Waals surface area contributed by atoms with Crippen LogP contribution in [0.2, 0.25) is 0 Å². The lowest BCUT2D eigenvalue weighted by Crippen LogP contribution is -2.55. The van der Waals surface area contributed by atoms with Crippen molar-refractivity contribution in [3.8, 4) is 0 Å². The van der Waals surface area contributed by atoms with E-state index in [9.17, 15) is 9.59 Å². The SMILES string of the molecule is CCCCCCCC/C=C\CCCCCCCC(=O)N[C@@H](CC[NH3+])C(N)=O. The number of carbonyl (C=O) groups is 2. The Morgan fingerprint density at radius 2 is 1.41 bits per heavy atom. The first-order chi connectivity index (χ1) is 13.1. The third kappa shape index (κ3) is 17.8. The van der Waals surface area contributed by atoms with Crippen molar-refractivity contribution in [2.45, 2.75) is 109 Å². The molecule has 0 saturated heterocycles. The molecule has 6 N–H and O–H groups in total. The van der Waals surface area contributed by atoms with E-state index in [-0.39, 0.29) is 5.91 Å². The first kappa shape index (κ1) is 25.6. The van der Waals surface area contributed by atoms with Crippen LogP contribution in [0.4, 0.5) is 0 Å². The smallest absolute Gasteiger partial charge is 0.240 e. The molecule has 0 aliphatic heterocycles. The Morgan fingerprint density at radius 3 is 1.93 bits per heavy atom. The Labute approximate surface area is 166 Å². The molecule has 0 aromatic rings. The van der Waals surface area contributed by atoms with Gasteiger partial charge in [-0.05, 0) is 32.1 Å². The van der Waals surface area contributed by atoms with Crippen LogP contribution < -0.4 is 16.8 Å². The predicted octanol–water partition coefficient (Wildman–Crippen LogP) is 3.63. The van der Waals surface area contributed by atoms with Crippen molar-refractivity contribution >= 4 is 11.8 Å². The number of primary amides is 1. The molecule has 1 atom stereocenters. The Kier molecular flexibility index (Phi) is 18.4. The number of nitrogens with one attached hydrogen (secondary N) is 1. The van der Waals surface area contributed by atoms with Gasteiger partial charge in [0.05, 0.1) is 6.54 Å². The van der Waals surface area contributed by atoms with Gasteiger partial charge in [-0.3, -0.25) is 9.59 Å². The fraction of sp³-hybridized carbons (Fsp3) is 0.818. The fourth-order valence-electron chi connectivity index (χ4n) is 3.11. The zero-order valence-electron chi connectivity index (χ0n) is 17.6. The van der Waals surface area contributed by atoms with Gasteiger partial charge in [0.25, 0.3) is 0 Å². The topological polar surface area (TPSA) is 99.8 Å². The molecule has 0 fully saturated rings. The van der Waals surface area contributed by atoms with Crippen LogP contribution in [0, 0.1) is 0 Å². The highest BCUT2D eigenvalue weighted by Crippen LogP contribution is 2.10. The van der Waals surface area contributed by atoms with Crippen molar-refractivity contribution in [1.29, 1.82) is 0 Å². The van der Waals surface area contributed by atoms with Crippen LogP contribution in [0.5, 0.6) is 0 Å². The molecule has 2 amide bonds. The Bertz CT molecular complexity index is 397. The van der Waals surface area contributed by atoms with Gasteiger partial charge in [0.15, 0.2) is 0 Å². The van der Waals surface area contributed by atoms with E-state index in [0.717, 1.165) is 19.3 Å². The summed E-state index contributed by atoms with van der Waals surface area (Å²) < 4.78 is 0. The molecule has 5 nitrogen and oxygen atoms in total. The summed E-state index contributed by atoms with van der Waals surface area (Å²) in [6.07, 6.45) is 21.7. The molecular formula is C22H44N3O2+. The summed E-state index contributed by atoms with van der Waals surface area (Å²) in [7, 11) is 0. The fourth-order valence-corrected chi connectivity index (χ4v) is 3.11. The Morgan fingerprint density at radius 1 is 0.889 bits per heavy atom. The molecule has 27 heavy (non-hydrogen) atoms. The van der Waals surface area contributed by atoms with Crippen molar-refractivity contribution in [1.82, 2.24) is 5.32 Å². The lowest BCUT2D eigenvalue weighted by Gasteiger charge is -2.13. The molecule has 0 rings (SSSR count). The van der Waals surface area contributed by atoms with Gasteiger partial charge in [0.1, 0.15) is 6.04 Å². The quantitative estimate of drug-likeness (QED) is 0.235. The predicted molar refractivity (Wildman–Crippen MR) is 113 cm³/mol. The first-order valence-corrected chi connectivity index (χ1v) is 11.1. The second-order valence-electron chi connectivity index (χ2n) is 7.50. The van der Waals surface area contributed by atoms with Crippen molar-refractivity contribution < 1.29 is 15.3 Å². The van der Waals surface area contributed by atoms with E-state index in [1.54, 1.807) is 0 Å². The summed E-state index contributed by atoms with van der Waals surface area (Å²) >= 11 is 0. The van der Waals surface area contributed by atoms with Gasteiger partial charge in [-0.2, -0.15) is 0 Å². The molecule has 158 valence electrons. The maximum atomic E-state index is 11.8. The molecule has 0 aliphatic carbocycles. The highest BCUT2D eigenvalue weighted by molar-refractivity contribution is 5.86. The third-order valence-corrected chi connectivity index (χ3v) is 4.84. The van der Waals surface area contributed by atoms with E-state index >= 15 is 0 Å². The summed E-state index contributed by atoms with van der Waals surface area (Å²) in [5.74, 6) is -0.554. The van der Waals surface area contributed by atoms with Crippen LogP contribution in [0.25, 0.3) is 0 Å². The number of rotatable bonds is 19. The van der Waals surface area contributed by atoms with Crippen molar-refractivity contribution in [3.05, 3.63) is 12.2 Å². The van der Waals surface area contributed by atoms with Crippen LogP contribution >= 0.6 is 0 Å². The summed E-state index contributed by atoms with van der Waals surface area (Å²) in [5, 5.41) is 2.70. The molecule has 0 saturated carbocycles. The van der Waals surface area contributed by atoms with Gasteiger partial charge in [-0.15, -0.1) is 0 Å². The molecule has 0 aliphatic rings. The van der Waals surface area contributed by atoms with E-state index in [4.69, 9.17) is 5.73 Å². The highest BCUT2D eigenvalue weighted by atomic mass is 16.2. The van der Waals surface area contributed by atoms with Crippen molar-refractivity contribution in [2.24, 2.45) is 5.73 Å². The second-order valence-corrected chi connectivity index (χ2v) is 7.50. The Hall–Kier alpha value is -1.36. The molecule has 0 aromatic carbocycles. The number of unbranched alkanes of at least 4 members (excludes halogenated alkanes) is 11. The van der Waals surface area contributed by atoms with Crippen LogP contribution in [0.3, 0.4) is 0 Å². The molecule has 0 radical (unpaired) electrons. The summed E-state index contributed by atoms with van der Waals surface area (Å²) in [6.45, 7) is 2.84. The second kappa shape index (κ2) is 19.4. The molecule has 0 unspecified atom stereocenters. The number of nitrogens with two attached hydrogens (primary N) is 1.